The second kappa shape index (κ2) is 4.35. The molecule has 17 heavy (non-hydrogen) atoms. The predicted octanol–water partition coefficient (Wildman–Crippen LogP) is 3.15. The van der Waals surface area contributed by atoms with E-state index in [0.717, 1.165) is 11.1 Å². The highest BCUT2D eigenvalue weighted by molar-refractivity contribution is 6.60. The Labute approximate surface area is 111 Å². The molecule has 1 aliphatic rings. The number of carbonyl (C=O) groups is 1. The molecule has 0 bridgehead atoms. The van der Waals surface area contributed by atoms with E-state index >= 15 is 0 Å². The van der Waals surface area contributed by atoms with E-state index in [1.807, 2.05) is 37.3 Å². The minimum absolute atomic E-state index is 0.252. The number of benzene rings is 1. The van der Waals surface area contributed by atoms with Crippen LogP contribution in [-0.4, -0.2) is 21.2 Å². The zero-order valence-corrected chi connectivity index (χ0v) is 11.0. The van der Waals surface area contributed by atoms with E-state index in [0.29, 0.717) is 6.54 Å². The van der Waals surface area contributed by atoms with Gasteiger partial charge in [-0.25, -0.2) is 0 Å². The van der Waals surface area contributed by atoms with E-state index in [2.05, 4.69) is 6.58 Å². The Kier molecular flexibility index (Phi) is 3.19. The van der Waals surface area contributed by atoms with Crippen molar-refractivity contribution in [2.24, 2.45) is 0 Å². The van der Waals surface area contributed by atoms with Crippen molar-refractivity contribution in [3.63, 3.8) is 0 Å². The van der Waals surface area contributed by atoms with Gasteiger partial charge in [-0.2, -0.15) is 0 Å². The summed E-state index contributed by atoms with van der Waals surface area (Å²) in [4.78, 5) is 13.5. The maximum Gasteiger partial charge on any atom is 0.262 e. The van der Waals surface area contributed by atoms with Crippen molar-refractivity contribution in [2.45, 2.75) is 23.8 Å². The molecule has 1 heterocycles. The fourth-order valence-electron chi connectivity index (χ4n) is 2.07. The quantitative estimate of drug-likeness (QED) is 0.469. The minimum Gasteiger partial charge on any atom is -0.325 e. The van der Waals surface area contributed by atoms with Crippen molar-refractivity contribution in [3.05, 3.63) is 48.0 Å². The molecule has 1 fully saturated rings. The van der Waals surface area contributed by atoms with Gasteiger partial charge in [-0.3, -0.25) is 4.79 Å². The van der Waals surface area contributed by atoms with Gasteiger partial charge in [0, 0.05) is 6.54 Å². The largest absolute Gasteiger partial charge is 0.325 e. The van der Waals surface area contributed by atoms with Crippen LogP contribution in [0, 0.1) is 0 Å². The lowest BCUT2D eigenvalue weighted by atomic mass is 9.93. The molecule has 90 valence electrons. The maximum atomic E-state index is 11.8. The molecule has 1 aliphatic heterocycles. The average molecular weight is 270 g/mol. The summed E-state index contributed by atoms with van der Waals surface area (Å²) in [5, 5.41) is 0. The molecule has 0 aliphatic carbocycles. The van der Waals surface area contributed by atoms with Gasteiger partial charge < -0.3 is 4.90 Å². The summed E-state index contributed by atoms with van der Waals surface area (Å²) < 4.78 is -1.35. The molecule has 2 rings (SSSR count). The summed E-state index contributed by atoms with van der Waals surface area (Å²) in [6.07, 6.45) is 0. The molecule has 1 atom stereocenters. The van der Waals surface area contributed by atoms with Crippen LogP contribution in [0.5, 0.6) is 0 Å². The molecular formula is C13H13Cl2NO. The van der Waals surface area contributed by atoms with Crippen LogP contribution in [0.2, 0.25) is 0 Å². The van der Waals surface area contributed by atoms with Gasteiger partial charge in [-0.15, -0.1) is 0 Å². The molecule has 2 nitrogen and oxygen atoms in total. The van der Waals surface area contributed by atoms with E-state index < -0.39 is 4.33 Å². The number of alkyl halides is 2. The van der Waals surface area contributed by atoms with Crippen LogP contribution in [0.25, 0.3) is 0 Å². The molecule has 1 saturated heterocycles. The van der Waals surface area contributed by atoms with Crippen LogP contribution < -0.4 is 0 Å². The highest BCUT2D eigenvalue weighted by Gasteiger charge is 2.59. The molecule has 1 aromatic rings. The third-order valence-electron chi connectivity index (χ3n) is 2.86. The van der Waals surface area contributed by atoms with Gasteiger partial charge in [0.2, 0.25) is 4.33 Å². The monoisotopic (exact) mass is 269 g/mol. The van der Waals surface area contributed by atoms with Crippen molar-refractivity contribution < 1.29 is 4.79 Å². The number of hydrogen-bond acceptors (Lipinski definition) is 1. The van der Waals surface area contributed by atoms with Crippen LogP contribution in [0.4, 0.5) is 0 Å². The fourth-order valence-corrected chi connectivity index (χ4v) is 2.90. The van der Waals surface area contributed by atoms with Crippen molar-refractivity contribution in [3.8, 4) is 0 Å². The molecule has 1 unspecified atom stereocenters. The number of β-lactam (4-membered cyclic amide) rings is 1. The molecule has 0 N–H and O–H groups in total. The summed E-state index contributed by atoms with van der Waals surface area (Å²) in [6, 6.07) is 9.42. The number of likely N-dealkylation sites (tertiary alicyclic amines) is 1. The van der Waals surface area contributed by atoms with Gasteiger partial charge in [-0.1, -0.05) is 65.7 Å². The topological polar surface area (TPSA) is 20.3 Å². The summed E-state index contributed by atoms with van der Waals surface area (Å²) in [7, 11) is 0. The number of rotatable bonds is 3. The summed E-state index contributed by atoms with van der Waals surface area (Å²) in [6.45, 7) is 6.18. The third-order valence-corrected chi connectivity index (χ3v) is 3.60. The van der Waals surface area contributed by atoms with Crippen molar-refractivity contribution in [1.29, 1.82) is 0 Å². The Morgan fingerprint density at radius 1 is 1.41 bits per heavy atom. The van der Waals surface area contributed by atoms with Gasteiger partial charge >= 0.3 is 0 Å². The number of carbonyl (C=O) groups excluding carboxylic acids is 1. The van der Waals surface area contributed by atoms with Crippen LogP contribution in [-0.2, 0) is 11.3 Å². The van der Waals surface area contributed by atoms with Gasteiger partial charge in [0.1, 0.15) is 0 Å². The molecule has 0 aromatic heterocycles. The van der Waals surface area contributed by atoms with Crippen LogP contribution in [0.3, 0.4) is 0 Å². The number of halogens is 2. The molecule has 1 aromatic carbocycles. The lowest BCUT2D eigenvalue weighted by molar-refractivity contribution is -0.146. The first-order valence-electron chi connectivity index (χ1n) is 5.33. The van der Waals surface area contributed by atoms with E-state index in [-0.39, 0.29) is 11.9 Å². The summed E-state index contributed by atoms with van der Waals surface area (Å²) in [5.41, 5.74) is 1.85. The lowest BCUT2D eigenvalue weighted by Crippen LogP contribution is -2.68. The maximum absolute atomic E-state index is 11.8. The first-order valence-corrected chi connectivity index (χ1v) is 6.08. The number of amides is 1. The first-order chi connectivity index (χ1) is 7.94. The Morgan fingerprint density at radius 2 is 2.00 bits per heavy atom. The normalized spacial score (nSPS) is 22.2. The van der Waals surface area contributed by atoms with Crippen molar-refractivity contribution in [1.82, 2.24) is 4.90 Å². The van der Waals surface area contributed by atoms with Gasteiger partial charge in [0.05, 0.1) is 6.04 Å². The molecule has 1 amide bonds. The zero-order valence-electron chi connectivity index (χ0n) is 9.49. The second-order valence-corrected chi connectivity index (χ2v) is 5.68. The van der Waals surface area contributed by atoms with Crippen LogP contribution >= 0.6 is 23.2 Å². The Morgan fingerprint density at radius 3 is 2.53 bits per heavy atom. The van der Waals surface area contributed by atoms with E-state index in [1.54, 1.807) is 4.90 Å². The zero-order chi connectivity index (χ0) is 12.6. The Bertz CT molecular complexity index is 456. The first kappa shape index (κ1) is 12.5. The summed E-state index contributed by atoms with van der Waals surface area (Å²) >= 11 is 12.0. The standard InChI is InChI=1S/C13H13Cl2NO/c1-9(2)11-13(14,15)12(17)16(11)8-10-6-4-3-5-7-10/h3-7,11H,1,8H2,2H3. The highest BCUT2D eigenvalue weighted by atomic mass is 35.5. The predicted molar refractivity (Wildman–Crippen MR) is 70.0 cm³/mol. The lowest BCUT2D eigenvalue weighted by Gasteiger charge is -2.49. The average Bonchev–Trinajstić information content (AvgIpc) is 2.28. The van der Waals surface area contributed by atoms with E-state index in [1.165, 1.54) is 0 Å². The fraction of sp³-hybridized carbons (Fsp3) is 0.308. The molecule has 0 saturated carbocycles. The molecule has 0 radical (unpaired) electrons. The number of hydrogen-bond donors (Lipinski definition) is 0. The van der Waals surface area contributed by atoms with Crippen molar-refractivity contribution >= 4 is 29.1 Å². The van der Waals surface area contributed by atoms with Gasteiger partial charge in [0.15, 0.2) is 0 Å². The molecular weight excluding hydrogens is 257 g/mol. The Hall–Kier alpha value is -0.990. The van der Waals surface area contributed by atoms with Gasteiger partial charge in [0.25, 0.3) is 5.91 Å². The minimum atomic E-state index is -1.35. The summed E-state index contributed by atoms with van der Waals surface area (Å²) in [5.74, 6) is -0.252. The Balaban J connectivity index is 2.17. The third kappa shape index (κ3) is 2.07. The van der Waals surface area contributed by atoms with E-state index in [9.17, 15) is 4.79 Å². The van der Waals surface area contributed by atoms with Crippen LogP contribution in [0.1, 0.15) is 12.5 Å². The number of nitrogens with zero attached hydrogens (tertiary/aromatic N) is 1. The highest BCUT2D eigenvalue weighted by Crippen LogP contribution is 2.44. The smallest absolute Gasteiger partial charge is 0.262 e. The second-order valence-electron chi connectivity index (χ2n) is 4.29. The molecule has 4 heteroatoms. The molecule has 0 spiro atoms. The SMILES string of the molecule is C=C(C)C1N(Cc2ccccc2)C(=O)C1(Cl)Cl. The van der Waals surface area contributed by atoms with Crippen LogP contribution in [0.15, 0.2) is 42.5 Å². The van der Waals surface area contributed by atoms with E-state index in [4.69, 9.17) is 23.2 Å². The van der Waals surface area contributed by atoms with Gasteiger partial charge in [-0.05, 0) is 12.5 Å². The van der Waals surface area contributed by atoms with Crippen molar-refractivity contribution in [2.75, 3.05) is 0 Å².